The lowest BCUT2D eigenvalue weighted by Gasteiger charge is -2.19. The van der Waals surface area contributed by atoms with Crippen LogP contribution in [-0.2, 0) is 18.9 Å². The molecule has 0 aliphatic heterocycles. The molecule has 0 saturated heterocycles. The van der Waals surface area contributed by atoms with E-state index in [0.717, 1.165) is 4.57 Å². The smallest absolute Gasteiger partial charge is 0.323 e. The number of benzene rings is 2. The van der Waals surface area contributed by atoms with E-state index >= 15 is 0 Å². The normalized spacial score (nSPS) is 12.2. The molecule has 170 valence electrons. The summed E-state index contributed by atoms with van der Waals surface area (Å²) in [7, 11) is 0. The van der Waals surface area contributed by atoms with Crippen LogP contribution in [0.2, 0.25) is 15.1 Å². The van der Waals surface area contributed by atoms with Gasteiger partial charge in [0.25, 0.3) is 5.56 Å². The number of hydrogen-bond acceptors (Lipinski definition) is 3. The highest BCUT2D eigenvalue weighted by atomic mass is 35.5. The zero-order chi connectivity index (χ0) is 23.8. The molecule has 1 heterocycles. The van der Waals surface area contributed by atoms with Crippen molar-refractivity contribution >= 4 is 46.4 Å². The number of halogens is 9. The summed E-state index contributed by atoms with van der Waals surface area (Å²) in [4.78, 5) is 16.0. The molecule has 0 atom stereocenters. The number of hydrogen-bond donors (Lipinski definition) is 1. The Kier molecular flexibility index (Phi) is 6.69. The maximum Gasteiger partial charge on any atom is 0.435 e. The Morgan fingerprint density at radius 1 is 0.906 bits per heavy atom. The van der Waals surface area contributed by atoms with Gasteiger partial charge in [0.05, 0.1) is 27.8 Å². The number of rotatable bonds is 4. The number of nitrogens with one attached hydrogen (secondary N) is 1. The molecule has 4 nitrogen and oxygen atoms in total. The fraction of sp³-hybridized carbons (Fsp3) is 0.158. The molecule has 0 aliphatic carbocycles. The van der Waals surface area contributed by atoms with Gasteiger partial charge in [0.1, 0.15) is 5.02 Å². The second-order valence-corrected chi connectivity index (χ2v) is 7.60. The summed E-state index contributed by atoms with van der Waals surface area (Å²) >= 11 is 17.4. The number of alkyl halides is 6. The Balaban J connectivity index is 2.18. The fourth-order valence-electron chi connectivity index (χ4n) is 2.70. The van der Waals surface area contributed by atoms with Crippen molar-refractivity contribution in [3.63, 3.8) is 0 Å². The van der Waals surface area contributed by atoms with Crippen molar-refractivity contribution in [2.75, 3.05) is 5.32 Å². The standard InChI is InChI=1S/C19H10Cl3F6N3O/c20-11-6-10(18(23,24)25)7-12(21)14(11)29-17-30-15(19(26,27)28)13(22)16(32)31(17)8-9-4-2-1-3-5-9/h1-7H,8H2,(H,29,30). The predicted octanol–water partition coefficient (Wildman–Crippen LogP) is 7.03. The molecular weight excluding hydrogens is 507 g/mol. The van der Waals surface area contributed by atoms with Crippen molar-refractivity contribution in [3.05, 3.63) is 84.7 Å². The number of aromatic nitrogens is 2. The Morgan fingerprint density at radius 2 is 1.47 bits per heavy atom. The summed E-state index contributed by atoms with van der Waals surface area (Å²) in [5, 5.41) is 0.0925. The molecular formula is C19H10Cl3F6N3O. The van der Waals surface area contributed by atoms with Crippen molar-refractivity contribution in [1.29, 1.82) is 0 Å². The molecule has 2 aromatic carbocycles. The van der Waals surface area contributed by atoms with Crippen molar-refractivity contribution in [2.45, 2.75) is 18.9 Å². The third-order valence-electron chi connectivity index (χ3n) is 4.17. The third-order valence-corrected chi connectivity index (χ3v) is 5.11. The van der Waals surface area contributed by atoms with Crippen molar-refractivity contribution in [3.8, 4) is 0 Å². The first-order valence-electron chi connectivity index (χ1n) is 8.53. The predicted molar refractivity (Wildman–Crippen MR) is 109 cm³/mol. The third kappa shape index (κ3) is 5.13. The van der Waals surface area contributed by atoms with E-state index in [2.05, 4.69) is 10.3 Å². The van der Waals surface area contributed by atoms with Gasteiger partial charge in [0.15, 0.2) is 5.69 Å². The monoisotopic (exact) mass is 515 g/mol. The van der Waals surface area contributed by atoms with Gasteiger partial charge in [-0.3, -0.25) is 9.36 Å². The van der Waals surface area contributed by atoms with Crippen LogP contribution in [0.5, 0.6) is 0 Å². The van der Waals surface area contributed by atoms with Crippen LogP contribution in [0.15, 0.2) is 47.3 Å². The van der Waals surface area contributed by atoms with Gasteiger partial charge < -0.3 is 5.32 Å². The van der Waals surface area contributed by atoms with Gasteiger partial charge in [0, 0.05) is 0 Å². The summed E-state index contributed by atoms with van der Waals surface area (Å²) in [5.41, 5.74) is -3.92. The van der Waals surface area contributed by atoms with Gasteiger partial charge in [-0.1, -0.05) is 65.1 Å². The summed E-state index contributed by atoms with van der Waals surface area (Å²) in [5.74, 6) is -0.667. The highest BCUT2D eigenvalue weighted by molar-refractivity contribution is 6.39. The quantitative estimate of drug-likeness (QED) is 0.379. The fourth-order valence-corrected chi connectivity index (χ4v) is 3.53. The van der Waals surface area contributed by atoms with Gasteiger partial charge in [-0.25, -0.2) is 4.98 Å². The van der Waals surface area contributed by atoms with Crippen LogP contribution < -0.4 is 10.9 Å². The molecule has 0 amide bonds. The summed E-state index contributed by atoms with van der Waals surface area (Å²) < 4.78 is 79.7. The molecule has 0 radical (unpaired) electrons. The maximum absolute atomic E-state index is 13.3. The van der Waals surface area contributed by atoms with Crippen molar-refractivity contribution in [2.24, 2.45) is 0 Å². The Bertz CT molecular complexity index is 1190. The van der Waals surface area contributed by atoms with Crippen molar-refractivity contribution < 1.29 is 26.3 Å². The minimum atomic E-state index is -5.08. The van der Waals surface area contributed by atoms with E-state index in [1.54, 1.807) is 30.3 Å². The molecule has 0 aliphatic rings. The molecule has 0 saturated carbocycles. The highest BCUT2D eigenvalue weighted by Gasteiger charge is 2.38. The van der Waals surface area contributed by atoms with Gasteiger partial charge >= 0.3 is 12.4 Å². The van der Waals surface area contributed by atoms with Crippen LogP contribution in [-0.4, -0.2) is 9.55 Å². The molecule has 1 aromatic heterocycles. The van der Waals surface area contributed by atoms with E-state index < -0.39 is 50.2 Å². The average molecular weight is 517 g/mol. The maximum atomic E-state index is 13.3. The van der Waals surface area contributed by atoms with Crippen LogP contribution in [0.4, 0.5) is 38.0 Å². The average Bonchev–Trinajstić information content (AvgIpc) is 2.68. The van der Waals surface area contributed by atoms with E-state index in [4.69, 9.17) is 34.8 Å². The van der Waals surface area contributed by atoms with Crippen molar-refractivity contribution in [1.82, 2.24) is 9.55 Å². The number of anilines is 2. The lowest BCUT2D eigenvalue weighted by atomic mass is 10.2. The zero-order valence-corrected chi connectivity index (χ0v) is 17.7. The minimum absolute atomic E-state index is 0.247. The largest absolute Gasteiger partial charge is 0.435 e. The molecule has 0 fully saturated rings. The molecule has 13 heteroatoms. The Labute approximate surface area is 191 Å². The van der Waals surface area contributed by atoms with Crippen LogP contribution in [0.1, 0.15) is 16.8 Å². The second-order valence-electron chi connectivity index (χ2n) is 6.41. The lowest BCUT2D eigenvalue weighted by Crippen LogP contribution is -2.29. The summed E-state index contributed by atoms with van der Waals surface area (Å²) in [6, 6.07) is 9.23. The molecule has 0 bridgehead atoms. The zero-order valence-electron chi connectivity index (χ0n) is 15.5. The second kappa shape index (κ2) is 8.84. The topological polar surface area (TPSA) is 46.9 Å². The van der Waals surface area contributed by atoms with Crippen LogP contribution >= 0.6 is 34.8 Å². The van der Waals surface area contributed by atoms with Gasteiger partial charge in [-0.05, 0) is 17.7 Å². The molecule has 32 heavy (non-hydrogen) atoms. The van der Waals surface area contributed by atoms with Gasteiger partial charge in [0.2, 0.25) is 5.95 Å². The molecule has 0 spiro atoms. The summed E-state index contributed by atoms with van der Waals surface area (Å²) in [6.45, 7) is -0.247. The molecule has 0 unspecified atom stereocenters. The van der Waals surface area contributed by atoms with Gasteiger partial charge in [-0.2, -0.15) is 26.3 Å². The van der Waals surface area contributed by atoms with Gasteiger partial charge in [-0.15, -0.1) is 0 Å². The summed E-state index contributed by atoms with van der Waals surface area (Å²) in [6.07, 6.45) is -9.84. The molecule has 3 rings (SSSR count). The van der Waals surface area contributed by atoms with E-state index in [9.17, 15) is 31.1 Å². The van der Waals surface area contributed by atoms with E-state index in [0.29, 0.717) is 17.7 Å². The van der Waals surface area contributed by atoms with E-state index in [1.807, 2.05) is 0 Å². The van der Waals surface area contributed by atoms with E-state index in [1.165, 1.54) is 0 Å². The first kappa shape index (κ1) is 24.2. The minimum Gasteiger partial charge on any atom is -0.323 e. The van der Waals surface area contributed by atoms with Crippen LogP contribution in [0.3, 0.4) is 0 Å². The highest BCUT2D eigenvalue weighted by Crippen LogP contribution is 2.40. The van der Waals surface area contributed by atoms with Crippen LogP contribution in [0.25, 0.3) is 0 Å². The Hall–Kier alpha value is -2.43. The molecule has 1 N–H and O–H groups in total. The van der Waals surface area contributed by atoms with Crippen LogP contribution in [0, 0.1) is 0 Å². The number of nitrogens with zero attached hydrogens (tertiary/aromatic N) is 2. The molecule has 3 aromatic rings. The SMILES string of the molecule is O=c1c(Cl)c(C(F)(F)F)nc(Nc2c(Cl)cc(C(F)(F)F)cc2Cl)n1Cc1ccccc1. The Morgan fingerprint density at radius 3 is 1.97 bits per heavy atom. The first-order valence-corrected chi connectivity index (χ1v) is 9.67. The first-order chi connectivity index (χ1) is 14.8. The van der Waals surface area contributed by atoms with E-state index in [-0.39, 0.29) is 12.2 Å². The lowest BCUT2D eigenvalue weighted by molar-refractivity contribution is -0.141.